The number of nitrogens with zero attached hydrogens (tertiary/aromatic N) is 2. The first-order chi connectivity index (χ1) is 12.1. The van der Waals surface area contributed by atoms with Crippen LogP contribution >= 0.6 is 0 Å². The van der Waals surface area contributed by atoms with E-state index in [0.717, 1.165) is 22.6 Å². The monoisotopic (exact) mass is 338 g/mol. The molecule has 6 nitrogen and oxygen atoms in total. The fraction of sp³-hybridized carbons (Fsp3) is 0.263. The van der Waals surface area contributed by atoms with Crippen molar-refractivity contribution in [3.63, 3.8) is 0 Å². The van der Waals surface area contributed by atoms with Gasteiger partial charge in [0.25, 0.3) is 6.26 Å². The number of carbonyl (C=O) groups excluding carboxylic acids is 1. The molecule has 25 heavy (non-hydrogen) atoms. The third kappa shape index (κ3) is 5.38. The molecule has 0 spiro atoms. The molecule has 0 bridgehead atoms. The largest absolute Gasteiger partial charge is 0.493 e. The van der Waals surface area contributed by atoms with Crippen LogP contribution in [0.3, 0.4) is 0 Å². The van der Waals surface area contributed by atoms with Gasteiger partial charge < -0.3 is 14.2 Å². The lowest BCUT2D eigenvalue weighted by Crippen LogP contribution is -2.06. The van der Waals surface area contributed by atoms with Crippen molar-refractivity contribution in [2.45, 2.75) is 20.3 Å². The topological polar surface area (TPSA) is 80.9 Å². The maximum atomic E-state index is 10.2. The molecule has 6 heteroatoms. The first-order valence-electron chi connectivity index (χ1n) is 7.74. The summed E-state index contributed by atoms with van der Waals surface area (Å²) in [7, 11) is 0. The number of aryl methyl sites for hydroxylation is 2. The summed E-state index contributed by atoms with van der Waals surface area (Å²) in [6.45, 7) is 4.80. The Balaban J connectivity index is 1.78. The van der Waals surface area contributed by atoms with Gasteiger partial charge in [-0.15, -0.1) is 5.26 Å². The quantitative estimate of drug-likeness (QED) is 0.315. The highest BCUT2D eigenvalue weighted by Gasteiger charge is 2.04. The molecular formula is C19H18N2O4. The minimum Gasteiger partial charge on any atom is -0.493 e. The molecular weight excluding hydrogens is 320 g/mol. The van der Waals surface area contributed by atoms with Gasteiger partial charge in [-0.1, -0.05) is 0 Å². The molecule has 0 aromatic heterocycles. The van der Waals surface area contributed by atoms with E-state index in [-0.39, 0.29) is 0 Å². The van der Waals surface area contributed by atoms with E-state index in [1.165, 1.54) is 6.08 Å². The Bertz CT molecular complexity index is 821. The highest BCUT2D eigenvalue weighted by molar-refractivity contribution is 5.52. The van der Waals surface area contributed by atoms with Gasteiger partial charge in [0.05, 0.1) is 18.9 Å². The van der Waals surface area contributed by atoms with E-state index in [2.05, 4.69) is 4.99 Å². The Morgan fingerprint density at radius 2 is 1.64 bits per heavy atom. The molecule has 0 atom stereocenters. The van der Waals surface area contributed by atoms with Gasteiger partial charge in [-0.25, -0.2) is 4.79 Å². The van der Waals surface area contributed by atoms with Gasteiger partial charge in [0.1, 0.15) is 17.2 Å². The van der Waals surface area contributed by atoms with Crippen molar-refractivity contribution in [3.05, 3.63) is 47.5 Å². The molecule has 0 aliphatic carbocycles. The van der Waals surface area contributed by atoms with Gasteiger partial charge in [-0.3, -0.25) is 0 Å². The summed E-state index contributed by atoms with van der Waals surface area (Å²) in [4.78, 5) is 13.8. The second-order valence-corrected chi connectivity index (χ2v) is 5.32. The van der Waals surface area contributed by atoms with Crippen molar-refractivity contribution < 1.29 is 19.0 Å². The number of isocyanates is 1. The average Bonchev–Trinajstić information content (AvgIpc) is 2.58. The van der Waals surface area contributed by atoms with Gasteiger partial charge in [0.2, 0.25) is 6.08 Å². The van der Waals surface area contributed by atoms with Gasteiger partial charge in [-0.2, -0.15) is 4.99 Å². The fourth-order valence-corrected chi connectivity index (χ4v) is 2.24. The Hall–Kier alpha value is -3.29. The minimum absolute atomic E-state index is 0.494. The van der Waals surface area contributed by atoms with Gasteiger partial charge in [0.15, 0.2) is 0 Å². The van der Waals surface area contributed by atoms with Crippen LogP contribution in [0.2, 0.25) is 0 Å². The second kappa shape index (κ2) is 9.11. The normalized spacial score (nSPS) is 9.64. The highest BCUT2D eigenvalue weighted by Crippen LogP contribution is 2.24. The predicted octanol–water partition coefficient (Wildman–Crippen LogP) is 3.98. The molecule has 0 amide bonds. The molecule has 2 aromatic carbocycles. The third-order valence-corrected chi connectivity index (χ3v) is 3.45. The molecule has 128 valence electrons. The summed E-state index contributed by atoms with van der Waals surface area (Å²) < 4.78 is 16.2. The maximum Gasteiger partial charge on any atom is 0.292 e. The van der Waals surface area contributed by atoms with Crippen LogP contribution in [0, 0.1) is 25.4 Å². The molecule has 0 aliphatic rings. The number of rotatable bonds is 8. The van der Waals surface area contributed by atoms with E-state index in [9.17, 15) is 4.79 Å². The Labute approximate surface area is 146 Å². The molecule has 2 rings (SSSR count). The van der Waals surface area contributed by atoms with Crippen LogP contribution in [0.4, 0.5) is 5.69 Å². The number of nitriles is 1. The lowest BCUT2D eigenvalue weighted by Gasteiger charge is -2.11. The zero-order chi connectivity index (χ0) is 18.1. The summed E-state index contributed by atoms with van der Waals surface area (Å²) in [6.07, 6.45) is 3.87. The number of hydrogen-bond donors (Lipinski definition) is 0. The number of ether oxygens (including phenoxy) is 3. The van der Waals surface area contributed by atoms with E-state index in [0.29, 0.717) is 31.1 Å². The first-order valence-corrected chi connectivity index (χ1v) is 7.74. The molecule has 0 fully saturated rings. The highest BCUT2D eigenvalue weighted by atomic mass is 16.5. The molecule has 0 radical (unpaired) electrons. The summed E-state index contributed by atoms with van der Waals surface area (Å²) in [6, 6.07) is 10.5. The third-order valence-electron chi connectivity index (χ3n) is 3.45. The van der Waals surface area contributed by atoms with Crippen molar-refractivity contribution >= 4 is 11.8 Å². The second-order valence-electron chi connectivity index (χ2n) is 5.32. The molecule has 2 aromatic rings. The summed E-state index contributed by atoms with van der Waals surface area (Å²) in [5.74, 6) is 1.99. The number of benzene rings is 2. The predicted molar refractivity (Wildman–Crippen MR) is 92.0 cm³/mol. The lowest BCUT2D eigenvalue weighted by molar-refractivity contribution is 0.245. The van der Waals surface area contributed by atoms with Crippen LogP contribution < -0.4 is 14.2 Å². The standard InChI is InChI=1S/C19H18N2O4/c1-14-10-16(21-13-22)4-6-18(14)23-8-3-9-24-19-7-5-17(25-12-20)11-15(19)2/h4-7,10-11H,3,8-9H2,1-2H3. The zero-order valence-electron chi connectivity index (χ0n) is 14.1. The Morgan fingerprint density at radius 1 is 1.00 bits per heavy atom. The van der Waals surface area contributed by atoms with Crippen molar-refractivity contribution in [1.29, 1.82) is 5.26 Å². The maximum absolute atomic E-state index is 10.2. The number of hydrogen-bond acceptors (Lipinski definition) is 6. The van der Waals surface area contributed by atoms with Crippen molar-refractivity contribution in [3.8, 4) is 23.5 Å². The van der Waals surface area contributed by atoms with E-state index in [1.807, 2.05) is 13.8 Å². The number of aliphatic imine (C=N–C) groups is 1. The van der Waals surface area contributed by atoms with Crippen molar-refractivity contribution in [2.75, 3.05) is 13.2 Å². The molecule has 0 saturated heterocycles. The van der Waals surface area contributed by atoms with E-state index >= 15 is 0 Å². The van der Waals surface area contributed by atoms with Crippen LogP contribution in [-0.2, 0) is 4.79 Å². The van der Waals surface area contributed by atoms with Gasteiger partial charge in [0, 0.05) is 6.42 Å². The molecule has 0 N–H and O–H groups in total. The summed E-state index contributed by atoms with van der Waals surface area (Å²) >= 11 is 0. The molecule has 0 heterocycles. The van der Waals surface area contributed by atoms with Crippen LogP contribution in [0.25, 0.3) is 0 Å². The van der Waals surface area contributed by atoms with Gasteiger partial charge >= 0.3 is 0 Å². The average molecular weight is 338 g/mol. The van der Waals surface area contributed by atoms with E-state index in [1.54, 1.807) is 42.7 Å². The molecule has 0 aliphatic heterocycles. The van der Waals surface area contributed by atoms with Crippen molar-refractivity contribution in [2.24, 2.45) is 4.99 Å². The SMILES string of the molecule is Cc1cc(N=C=O)ccc1OCCCOc1ccc(OC#N)cc1C. The van der Waals surface area contributed by atoms with Crippen LogP contribution in [0.15, 0.2) is 41.4 Å². The lowest BCUT2D eigenvalue weighted by atomic mass is 10.2. The first kappa shape index (κ1) is 18.1. The Morgan fingerprint density at radius 3 is 2.20 bits per heavy atom. The van der Waals surface area contributed by atoms with E-state index in [4.69, 9.17) is 19.5 Å². The summed E-state index contributed by atoms with van der Waals surface area (Å²) in [5.41, 5.74) is 2.36. The van der Waals surface area contributed by atoms with Crippen LogP contribution in [0.1, 0.15) is 17.5 Å². The van der Waals surface area contributed by atoms with Gasteiger partial charge in [-0.05, 0) is 61.4 Å². The van der Waals surface area contributed by atoms with Crippen LogP contribution in [-0.4, -0.2) is 19.3 Å². The van der Waals surface area contributed by atoms with E-state index < -0.39 is 0 Å². The Kier molecular flexibility index (Phi) is 6.58. The smallest absolute Gasteiger partial charge is 0.292 e. The molecule has 0 saturated carbocycles. The summed E-state index contributed by atoms with van der Waals surface area (Å²) in [5, 5.41) is 8.50. The van der Waals surface area contributed by atoms with Crippen LogP contribution in [0.5, 0.6) is 17.2 Å². The molecule has 0 unspecified atom stereocenters. The minimum atomic E-state index is 0.494. The zero-order valence-corrected chi connectivity index (χ0v) is 14.1. The van der Waals surface area contributed by atoms with Crippen molar-refractivity contribution in [1.82, 2.24) is 0 Å². The fourth-order valence-electron chi connectivity index (χ4n) is 2.24.